The molecule has 0 fully saturated rings. The van der Waals surface area contributed by atoms with Crippen molar-refractivity contribution in [2.24, 2.45) is 0 Å². The van der Waals surface area contributed by atoms with E-state index < -0.39 is 16.7 Å². The van der Waals surface area contributed by atoms with Gasteiger partial charge in [0.1, 0.15) is 0 Å². The predicted molar refractivity (Wildman–Crippen MR) is 113 cm³/mol. The summed E-state index contributed by atoms with van der Waals surface area (Å²) in [6, 6.07) is 12.8. The van der Waals surface area contributed by atoms with E-state index in [1.54, 1.807) is 12.1 Å². The molecule has 0 aromatic heterocycles. The molecule has 150 valence electrons. The van der Waals surface area contributed by atoms with Gasteiger partial charge in [-0.3, -0.25) is 19.7 Å². The average molecular weight is 412 g/mol. The van der Waals surface area contributed by atoms with E-state index in [0.717, 1.165) is 22.2 Å². The molecule has 0 saturated carbocycles. The zero-order chi connectivity index (χ0) is 21.1. The van der Waals surface area contributed by atoms with E-state index in [1.807, 2.05) is 12.1 Å². The topological polar surface area (TPSA) is 101 Å². The fraction of sp³-hybridized carbons (Fsp3) is 0.238. The zero-order valence-corrected chi connectivity index (χ0v) is 16.8. The maximum atomic E-state index is 13.2. The SMILES string of the molecule is CC(C)c1ccc(N2C(=O)C(SCCO)=C(c3ccc([N+](=O)[O-])cc3)C2=O)cc1. The molecule has 2 amide bonds. The Morgan fingerprint density at radius 3 is 2.17 bits per heavy atom. The lowest BCUT2D eigenvalue weighted by Crippen LogP contribution is -2.31. The summed E-state index contributed by atoms with van der Waals surface area (Å²) >= 11 is 1.10. The number of benzene rings is 2. The molecule has 1 aliphatic heterocycles. The molecule has 0 atom stereocenters. The number of aliphatic hydroxyl groups is 1. The van der Waals surface area contributed by atoms with Gasteiger partial charge in [-0.15, -0.1) is 11.8 Å². The predicted octanol–water partition coefficient (Wildman–Crippen LogP) is 3.73. The number of nitro benzene ring substituents is 1. The Labute approximate surface area is 172 Å². The Morgan fingerprint density at radius 1 is 1.03 bits per heavy atom. The van der Waals surface area contributed by atoms with Crippen LogP contribution in [-0.4, -0.2) is 34.2 Å². The normalized spacial score (nSPS) is 14.3. The van der Waals surface area contributed by atoms with E-state index in [0.29, 0.717) is 17.2 Å². The van der Waals surface area contributed by atoms with E-state index in [2.05, 4.69) is 13.8 Å². The van der Waals surface area contributed by atoms with Crippen molar-refractivity contribution in [2.75, 3.05) is 17.3 Å². The van der Waals surface area contributed by atoms with Crippen molar-refractivity contribution in [3.8, 4) is 0 Å². The number of rotatable bonds is 7. The number of non-ortho nitro benzene ring substituents is 1. The number of nitro groups is 1. The van der Waals surface area contributed by atoms with Gasteiger partial charge in [0.25, 0.3) is 17.5 Å². The number of carbonyl (C=O) groups is 2. The zero-order valence-electron chi connectivity index (χ0n) is 16.0. The summed E-state index contributed by atoms with van der Waals surface area (Å²) in [5, 5.41) is 20.1. The van der Waals surface area contributed by atoms with Crippen molar-refractivity contribution in [3.05, 3.63) is 74.7 Å². The summed E-state index contributed by atoms with van der Waals surface area (Å²) in [6.07, 6.45) is 0. The van der Waals surface area contributed by atoms with Crippen LogP contribution in [0.5, 0.6) is 0 Å². The number of thioether (sulfide) groups is 1. The summed E-state index contributed by atoms with van der Waals surface area (Å²) in [5.41, 5.74) is 2.07. The first-order chi connectivity index (χ1) is 13.8. The smallest absolute Gasteiger partial charge is 0.272 e. The van der Waals surface area contributed by atoms with Gasteiger partial charge in [0.05, 0.1) is 27.7 Å². The molecule has 1 heterocycles. The fourth-order valence-corrected chi connectivity index (χ4v) is 3.90. The first-order valence-corrected chi connectivity index (χ1v) is 10.0. The van der Waals surface area contributed by atoms with Gasteiger partial charge in [-0.05, 0) is 41.3 Å². The lowest BCUT2D eigenvalue weighted by molar-refractivity contribution is -0.384. The molecular formula is C21H20N2O5S. The highest BCUT2D eigenvalue weighted by Gasteiger charge is 2.40. The molecule has 2 aromatic rings. The highest BCUT2D eigenvalue weighted by atomic mass is 32.2. The Hall–Kier alpha value is -2.97. The minimum atomic E-state index is -0.524. The summed E-state index contributed by atoms with van der Waals surface area (Å²) < 4.78 is 0. The summed E-state index contributed by atoms with van der Waals surface area (Å²) in [5.74, 6) is -0.371. The van der Waals surface area contributed by atoms with Crippen LogP contribution in [0, 0.1) is 10.1 Å². The number of hydrogen-bond acceptors (Lipinski definition) is 6. The second-order valence-corrected chi connectivity index (χ2v) is 7.88. The third-order valence-electron chi connectivity index (χ3n) is 4.56. The van der Waals surface area contributed by atoms with Crippen LogP contribution in [0.3, 0.4) is 0 Å². The minimum absolute atomic E-state index is 0.100. The van der Waals surface area contributed by atoms with Crippen molar-refractivity contribution in [3.63, 3.8) is 0 Å². The second kappa shape index (κ2) is 8.59. The Morgan fingerprint density at radius 2 is 1.66 bits per heavy atom. The van der Waals surface area contributed by atoms with E-state index in [9.17, 15) is 24.8 Å². The largest absolute Gasteiger partial charge is 0.396 e. The summed E-state index contributed by atoms with van der Waals surface area (Å²) in [6.45, 7) is 3.96. The highest BCUT2D eigenvalue weighted by Crippen LogP contribution is 2.38. The van der Waals surface area contributed by atoms with Crippen LogP contribution < -0.4 is 4.90 Å². The van der Waals surface area contributed by atoms with Gasteiger partial charge < -0.3 is 5.11 Å². The van der Waals surface area contributed by atoms with Crippen LogP contribution in [-0.2, 0) is 9.59 Å². The first-order valence-electron chi connectivity index (χ1n) is 9.06. The number of hydrogen-bond donors (Lipinski definition) is 1. The van der Waals surface area contributed by atoms with Crippen LogP contribution in [0.1, 0.15) is 30.9 Å². The molecule has 0 bridgehead atoms. The molecule has 7 nitrogen and oxygen atoms in total. The summed E-state index contributed by atoms with van der Waals surface area (Å²) in [7, 11) is 0. The minimum Gasteiger partial charge on any atom is -0.396 e. The van der Waals surface area contributed by atoms with E-state index in [1.165, 1.54) is 24.3 Å². The molecule has 3 rings (SSSR count). The van der Waals surface area contributed by atoms with Gasteiger partial charge in [-0.2, -0.15) is 0 Å². The Balaban J connectivity index is 2.01. The third-order valence-corrected chi connectivity index (χ3v) is 5.62. The average Bonchev–Trinajstić information content (AvgIpc) is 2.96. The van der Waals surface area contributed by atoms with Gasteiger partial charge in [-0.1, -0.05) is 26.0 Å². The van der Waals surface area contributed by atoms with Gasteiger partial charge in [-0.25, -0.2) is 4.90 Å². The molecule has 0 saturated heterocycles. The standard InChI is InChI=1S/C21H20N2O5S/c1-13(2)14-3-7-16(8-4-14)22-20(25)18(19(21(22)26)29-12-11-24)15-5-9-17(10-6-15)23(27)28/h3-10,13,24H,11-12H2,1-2H3. The Kier molecular flexibility index (Phi) is 6.14. The van der Waals surface area contributed by atoms with Gasteiger partial charge in [0.2, 0.25) is 0 Å². The van der Waals surface area contributed by atoms with E-state index >= 15 is 0 Å². The number of nitrogens with zero attached hydrogens (tertiary/aromatic N) is 2. The third kappa shape index (κ3) is 4.08. The lowest BCUT2D eigenvalue weighted by atomic mass is 10.0. The maximum absolute atomic E-state index is 13.2. The number of carbonyl (C=O) groups excluding carboxylic acids is 2. The van der Waals surface area contributed by atoms with Crippen LogP contribution in [0.2, 0.25) is 0 Å². The van der Waals surface area contributed by atoms with Crippen LogP contribution in [0.15, 0.2) is 53.4 Å². The highest BCUT2D eigenvalue weighted by molar-refractivity contribution is 8.04. The van der Waals surface area contributed by atoms with Crippen LogP contribution >= 0.6 is 11.8 Å². The number of aliphatic hydroxyl groups excluding tert-OH is 1. The summed E-state index contributed by atoms with van der Waals surface area (Å²) in [4.78, 5) is 37.9. The molecule has 0 radical (unpaired) electrons. The van der Waals surface area contributed by atoms with Gasteiger partial charge in [0.15, 0.2) is 0 Å². The number of amides is 2. The molecule has 0 spiro atoms. The molecule has 29 heavy (non-hydrogen) atoms. The van der Waals surface area contributed by atoms with Crippen molar-refractivity contribution in [1.29, 1.82) is 0 Å². The Bertz CT molecular complexity index is 981. The molecule has 0 unspecified atom stereocenters. The van der Waals surface area contributed by atoms with Crippen molar-refractivity contribution in [1.82, 2.24) is 0 Å². The van der Waals surface area contributed by atoms with Gasteiger partial charge >= 0.3 is 0 Å². The van der Waals surface area contributed by atoms with Crippen molar-refractivity contribution in [2.45, 2.75) is 19.8 Å². The molecule has 1 N–H and O–H groups in total. The van der Waals surface area contributed by atoms with Crippen LogP contribution in [0.4, 0.5) is 11.4 Å². The lowest BCUT2D eigenvalue weighted by Gasteiger charge is -2.16. The monoisotopic (exact) mass is 412 g/mol. The van der Waals surface area contributed by atoms with E-state index in [4.69, 9.17) is 0 Å². The second-order valence-electron chi connectivity index (χ2n) is 6.77. The number of imide groups is 1. The molecule has 1 aliphatic rings. The van der Waals surface area contributed by atoms with Crippen LogP contribution in [0.25, 0.3) is 5.57 Å². The van der Waals surface area contributed by atoms with Crippen molar-refractivity contribution < 1.29 is 19.6 Å². The maximum Gasteiger partial charge on any atom is 0.272 e. The molecular weight excluding hydrogens is 392 g/mol. The van der Waals surface area contributed by atoms with Crippen molar-refractivity contribution >= 4 is 40.5 Å². The molecule has 8 heteroatoms. The first kappa shape index (κ1) is 20.8. The number of anilines is 1. The van der Waals surface area contributed by atoms with Gasteiger partial charge in [0, 0.05) is 17.9 Å². The molecule has 0 aliphatic carbocycles. The van der Waals surface area contributed by atoms with E-state index in [-0.39, 0.29) is 28.5 Å². The quantitative estimate of drug-likeness (QED) is 0.422. The molecule has 2 aromatic carbocycles. The fourth-order valence-electron chi connectivity index (χ4n) is 3.04.